The summed E-state index contributed by atoms with van der Waals surface area (Å²) in [5.74, 6) is -1.44. The lowest BCUT2D eigenvalue weighted by Crippen LogP contribution is -2.65. The predicted molar refractivity (Wildman–Crippen MR) is 71.7 cm³/mol. The maximum absolute atomic E-state index is 12.6. The van der Waals surface area contributed by atoms with Crippen LogP contribution < -0.4 is 11.1 Å². The van der Waals surface area contributed by atoms with E-state index in [4.69, 9.17) is 5.73 Å². The Hall–Kier alpha value is -2.44. The van der Waals surface area contributed by atoms with Gasteiger partial charge in [-0.2, -0.15) is 0 Å². The number of anilines is 1. The Kier molecular flexibility index (Phi) is 3.21. The third kappa shape index (κ3) is 2.22. The van der Waals surface area contributed by atoms with E-state index < -0.39 is 23.3 Å². The van der Waals surface area contributed by atoms with Gasteiger partial charge in [0.15, 0.2) is 0 Å². The van der Waals surface area contributed by atoms with Gasteiger partial charge in [0, 0.05) is 0 Å². The first-order valence-corrected chi connectivity index (χ1v) is 6.12. The molecular formula is C13H16N4O3. The first-order valence-electron chi connectivity index (χ1n) is 6.12. The van der Waals surface area contributed by atoms with Crippen molar-refractivity contribution in [3.63, 3.8) is 0 Å². The number of nitrogens with zero attached hydrogens (tertiary/aromatic N) is 2. The molecule has 1 aromatic heterocycles. The van der Waals surface area contributed by atoms with E-state index in [0.29, 0.717) is 16.9 Å². The zero-order valence-corrected chi connectivity index (χ0v) is 11.6. The number of pyridine rings is 1. The Balaban J connectivity index is 2.43. The molecule has 20 heavy (non-hydrogen) atoms. The third-order valence-electron chi connectivity index (χ3n) is 3.37. The van der Waals surface area contributed by atoms with Crippen molar-refractivity contribution < 1.29 is 14.4 Å². The number of amides is 3. The highest BCUT2D eigenvalue weighted by Crippen LogP contribution is 2.22. The molecule has 3 amide bonds. The molecule has 1 aromatic rings. The van der Waals surface area contributed by atoms with Crippen LogP contribution in [0.3, 0.4) is 0 Å². The summed E-state index contributed by atoms with van der Waals surface area (Å²) < 4.78 is 0. The number of carbonyl (C=O) groups is 3. The van der Waals surface area contributed by atoms with Crippen LogP contribution >= 0.6 is 0 Å². The molecule has 2 rings (SSSR count). The second-order valence-electron chi connectivity index (χ2n) is 5.23. The summed E-state index contributed by atoms with van der Waals surface area (Å²) in [6.07, 6.45) is 1.45. The van der Waals surface area contributed by atoms with Gasteiger partial charge in [-0.3, -0.25) is 24.7 Å². The van der Waals surface area contributed by atoms with Gasteiger partial charge in [-0.25, -0.2) is 0 Å². The van der Waals surface area contributed by atoms with E-state index in [2.05, 4.69) is 10.3 Å². The summed E-state index contributed by atoms with van der Waals surface area (Å²) in [5, 5.41) is 2.22. The fraction of sp³-hybridized carbons (Fsp3) is 0.385. The minimum Gasteiger partial charge on any atom is -0.397 e. The highest BCUT2D eigenvalue weighted by atomic mass is 16.2. The van der Waals surface area contributed by atoms with E-state index in [0.717, 1.165) is 0 Å². The summed E-state index contributed by atoms with van der Waals surface area (Å²) in [6, 6.07) is 1.50. The lowest BCUT2D eigenvalue weighted by atomic mass is 9.97. The quantitative estimate of drug-likeness (QED) is 0.694. The number of aryl methyl sites for hydroxylation is 1. The molecule has 0 bridgehead atoms. The van der Waals surface area contributed by atoms with Crippen molar-refractivity contribution in [2.24, 2.45) is 0 Å². The summed E-state index contributed by atoms with van der Waals surface area (Å²) in [7, 11) is 0. The van der Waals surface area contributed by atoms with Gasteiger partial charge in [-0.05, 0) is 26.8 Å². The minimum absolute atomic E-state index is 0.175. The van der Waals surface area contributed by atoms with Crippen molar-refractivity contribution in [2.75, 3.05) is 12.3 Å². The Morgan fingerprint density at radius 2 is 2.10 bits per heavy atom. The fourth-order valence-corrected chi connectivity index (χ4v) is 2.02. The smallest absolute Gasteiger partial charge is 0.257 e. The lowest BCUT2D eigenvalue weighted by molar-refractivity contribution is -0.143. The van der Waals surface area contributed by atoms with Gasteiger partial charge in [0.25, 0.3) is 11.8 Å². The normalized spacial score (nSPS) is 17.9. The molecule has 106 valence electrons. The summed E-state index contributed by atoms with van der Waals surface area (Å²) >= 11 is 0. The maximum Gasteiger partial charge on any atom is 0.257 e. The van der Waals surface area contributed by atoms with Gasteiger partial charge in [-0.15, -0.1) is 0 Å². The molecule has 0 aromatic carbocycles. The number of rotatable bonds is 1. The Morgan fingerprint density at radius 1 is 1.45 bits per heavy atom. The Labute approximate surface area is 116 Å². The molecule has 0 saturated carbocycles. The summed E-state index contributed by atoms with van der Waals surface area (Å²) in [5.41, 5.74) is 5.67. The van der Waals surface area contributed by atoms with Crippen LogP contribution in [0.15, 0.2) is 12.3 Å². The van der Waals surface area contributed by atoms with Crippen LogP contribution in [0, 0.1) is 6.92 Å². The second-order valence-corrected chi connectivity index (χ2v) is 5.23. The topological polar surface area (TPSA) is 105 Å². The van der Waals surface area contributed by atoms with Crippen molar-refractivity contribution in [3.8, 4) is 0 Å². The minimum atomic E-state index is -1.11. The molecule has 7 heteroatoms. The van der Waals surface area contributed by atoms with E-state index in [1.807, 2.05) is 0 Å². The number of piperazine rings is 1. The molecule has 1 fully saturated rings. The fourth-order valence-electron chi connectivity index (χ4n) is 2.02. The van der Waals surface area contributed by atoms with Crippen molar-refractivity contribution >= 4 is 23.4 Å². The first-order chi connectivity index (χ1) is 9.23. The number of carbonyl (C=O) groups excluding carboxylic acids is 3. The Morgan fingerprint density at radius 3 is 2.75 bits per heavy atom. The van der Waals surface area contributed by atoms with Crippen molar-refractivity contribution in [1.29, 1.82) is 0 Å². The van der Waals surface area contributed by atoms with Crippen LogP contribution in [0.2, 0.25) is 0 Å². The van der Waals surface area contributed by atoms with Gasteiger partial charge in [0.2, 0.25) is 5.91 Å². The number of nitrogens with two attached hydrogens (primary N) is 1. The van der Waals surface area contributed by atoms with Gasteiger partial charge in [0.1, 0.15) is 12.1 Å². The highest BCUT2D eigenvalue weighted by molar-refractivity contribution is 6.09. The molecule has 1 aliphatic rings. The zero-order valence-electron chi connectivity index (χ0n) is 11.6. The van der Waals surface area contributed by atoms with E-state index in [1.165, 1.54) is 17.2 Å². The Bertz CT molecular complexity index is 610. The number of aromatic nitrogens is 1. The predicted octanol–water partition coefficient (Wildman–Crippen LogP) is -0.151. The molecule has 7 nitrogen and oxygen atoms in total. The molecule has 0 atom stereocenters. The van der Waals surface area contributed by atoms with Crippen molar-refractivity contribution in [2.45, 2.75) is 26.3 Å². The molecule has 3 N–H and O–H groups in total. The average molecular weight is 276 g/mol. The number of nitrogens with one attached hydrogen (secondary N) is 1. The SMILES string of the molecule is Cc1ncc(N)cc1C(=O)N1CC(=O)NC(=O)C1(C)C. The molecule has 0 radical (unpaired) electrons. The molecule has 1 aliphatic heterocycles. The zero-order chi connectivity index (χ0) is 15.1. The number of nitrogen functional groups attached to an aromatic ring is 1. The summed E-state index contributed by atoms with van der Waals surface area (Å²) in [6.45, 7) is 4.67. The highest BCUT2D eigenvalue weighted by Gasteiger charge is 2.44. The second kappa shape index (κ2) is 4.59. The van der Waals surface area contributed by atoms with Crippen molar-refractivity contribution in [3.05, 3.63) is 23.5 Å². The summed E-state index contributed by atoms with van der Waals surface area (Å²) in [4.78, 5) is 41.2. The largest absolute Gasteiger partial charge is 0.397 e. The molecule has 0 spiro atoms. The van der Waals surface area contributed by atoms with Crippen LogP contribution in [0.1, 0.15) is 29.9 Å². The van der Waals surface area contributed by atoms with Crippen LogP contribution in [0.25, 0.3) is 0 Å². The van der Waals surface area contributed by atoms with Gasteiger partial charge in [-0.1, -0.05) is 0 Å². The van der Waals surface area contributed by atoms with Gasteiger partial charge < -0.3 is 10.6 Å². The monoisotopic (exact) mass is 276 g/mol. The number of hydrogen-bond donors (Lipinski definition) is 2. The lowest BCUT2D eigenvalue weighted by Gasteiger charge is -2.40. The first kappa shape index (κ1) is 14.0. The third-order valence-corrected chi connectivity index (χ3v) is 3.37. The van der Waals surface area contributed by atoms with Crippen LogP contribution in [-0.4, -0.2) is 39.7 Å². The molecule has 0 unspecified atom stereocenters. The van der Waals surface area contributed by atoms with Crippen molar-refractivity contribution in [1.82, 2.24) is 15.2 Å². The van der Waals surface area contributed by atoms with E-state index in [9.17, 15) is 14.4 Å². The maximum atomic E-state index is 12.6. The van der Waals surface area contributed by atoms with E-state index in [-0.39, 0.29) is 6.54 Å². The van der Waals surface area contributed by atoms with Crippen LogP contribution in [0.5, 0.6) is 0 Å². The molecule has 0 aliphatic carbocycles. The average Bonchev–Trinajstić information content (AvgIpc) is 2.36. The van der Waals surface area contributed by atoms with Crippen LogP contribution in [-0.2, 0) is 9.59 Å². The van der Waals surface area contributed by atoms with E-state index in [1.54, 1.807) is 20.8 Å². The van der Waals surface area contributed by atoms with E-state index >= 15 is 0 Å². The van der Waals surface area contributed by atoms with Crippen LogP contribution in [0.4, 0.5) is 5.69 Å². The number of hydrogen-bond acceptors (Lipinski definition) is 5. The number of imide groups is 1. The molecule has 1 saturated heterocycles. The standard InChI is InChI=1S/C13H16N4O3/c1-7-9(4-8(14)5-15-7)11(19)17-6-10(18)16-12(20)13(17,2)3/h4-5H,6,14H2,1-3H3,(H,16,18,20). The molecular weight excluding hydrogens is 260 g/mol. The van der Waals surface area contributed by atoms with Gasteiger partial charge in [0.05, 0.1) is 23.1 Å². The van der Waals surface area contributed by atoms with Gasteiger partial charge >= 0.3 is 0 Å². The molecule has 2 heterocycles.